The maximum Gasteiger partial charge on any atom is 0.225 e. The molecule has 0 spiro atoms. The SMILES string of the molecule is N#CC1(NC(=O)C2CCCCC2c2nn(-c3ccc(F)cc3)cc2-c2ccc(N3CCS(=N)(=O)CC3)cc2)CC1. The van der Waals surface area contributed by atoms with Crippen LogP contribution in [0.5, 0.6) is 0 Å². The fourth-order valence-electron chi connectivity index (χ4n) is 5.94. The molecule has 3 aliphatic rings. The van der Waals surface area contributed by atoms with E-state index in [9.17, 15) is 18.7 Å². The fraction of sp³-hybridized carbons (Fsp3) is 0.433. The number of aromatic nitrogens is 2. The number of benzene rings is 2. The van der Waals surface area contributed by atoms with Gasteiger partial charge >= 0.3 is 0 Å². The highest BCUT2D eigenvalue weighted by molar-refractivity contribution is 7.92. The second-order valence-corrected chi connectivity index (χ2v) is 13.7. The molecule has 6 rings (SSSR count). The van der Waals surface area contributed by atoms with Gasteiger partial charge in [-0.1, -0.05) is 25.0 Å². The van der Waals surface area contributed by atoms with E-state index in [1.807, 2.05) is 30.5 Å². The van der Waals surface area contributed by atoms with Crippen molar-refractivity contribution < 1.29 is 13.4 Å². The first-order valence-corrected chi connectivity index (χ1v) is 15.8. The van der Waals surface area contributed by atoms with Gasteiger partial charge in [-0.15, -0.1) is 0 Å². The molecule has 2 heterocycles. The first kappa shape index (κ1) is 26.5. The average Bonchev–Trinajstić information content (AvgIpc) is 3.60. The van der Waals surface area contributed by atoms with Crippen molar-refractivity contribution >= 4 is 21.3 Å². The Bertz CT molecular complexity index is 1540. The number of carbonyl (C=O) groups is 1. The molecule has 8 nitrogen and oxygen atoms in total. The van der Waals surface area contributed by atoms with Crippen LogP contribution in [0.15, 0.2) is 54.7 Å². The highest BCUT2D eigenvalue weighted by Crippen LogP contribution is 2.43. The Morgan fingerprint density at radius 3 is 2.35 bits per heavy atom. The van der Waals surface area contributed by atoms with Gasteiger partial charge in [-0.25, -0.2) is 13.3 Å². The second kappa shape index (κ2) is 10.4. The van der Waals surface area contributed by atoms with Crippen LogP contribution in [0.2, 0.25) is 0 Å². The van der Waals surface area contributed by atoms with Gasteiger partial charge in [0.1, 0.15) is 11.4 Å². The third-order valence-electron chi connectivity index (χ3n) is 8.54. The minimum atomic E-state index is -2.47. The summed E-state index contributed by atoms with van der Waals surface area (Å²) in [6, 6.07) is 16.6. The van der Waals surface area contributed by atoms with E-state index in [-0.39, 0.29) is 23.6 Å². The van der Waals surface area contributed by atoms with Gasteiger partial charge in [0.25, 0.3) is 0 Å². The topological polar surface area (TPSA) is 115 Å². The standard InChI is InChI=1S/C30H33FN6O2S/c31-22-7-11-24(12-8-22)37-19-27(21-5-9-23(10-6-21)36-15-17-40(33,39)18-16-36)28(35-37)25-3-1-2-4-26(25)29(38)34-30(20-32)13-14-30/h5-12,19,25-26,33H,1-4,13-18H2,(H,34,38). The number of anilines is 1. The van der Waals surface area contributed by atoms with Gasteiger partial charge in [0.15, 0.2) is 0 Å². The molecule has 1 saturated heterocycles. The van der Waals surface area contributed by atoms with E-state index in [0.29, 0.717) is 37.4 Å². The lowest BCUT2D eigenvalue weighted by Gasteiger charge is -2.31. The maximum absolute atomic E-state index is 13.7. The number of nitrogens with one attached hydrogen (secondary N) is 2. The van der Waals surface area contributed by atoms with Gasteiger partial charge in [0, 0.05) is 63.6 Å². The molecule has 2 atom stereocenters. The summed E-state index contributed by atoms with van der Waals surface area (Å²) >= 11 is 0. The summed E-state index contributed by atoms with van der Waals surface area (Å²) < 4.78 is 35.4. The Hall–Kier alpha value is -3.71. The number of hydrogen-bond acceptors (Lipinski definition) is 6. The minimum absolute atomic E-state index is 0.0718. The van der Waals surface area contributed by atoms with Gasteiger partial charge in [0.2, 0.25) is 5.91 Å². The Kier molecular flexibility index (Phi) is 6.87. The van der Waals surface area contributed by atoms with Crippen LogP contribution in [0.3, 0.4) is 0 Å². The van der Waals surface area contributed by atoms with Crippen molar-refractivity contribution in [2.24, 2.45) is 5.92 Å². The lowest BCUT2D eigenvalue weighted by atomic mass is 9.75. The molecule has 2 aliphatic carbocycles. The molecule has 2 N–H and O–H groups in total. The molecule has 3 aromatic rings. The summed E-state index contributed by atoms with van der Waals surface area (Å²) in [6.45, 7) is 1.19. The van der Waals surface area contributed by atoms with E-state index in [2.05, 4.69) is 16.3 Å². The van der Waals surface area contributed by atoms with Crippen LogP contribution in [-0.2, 0) is 14.5 Å². The van der Waals surface area contributed by atoms with Crippen LogP contribution in [-0.4, -0.2) is 50.0 Å². The molecule has 2 unspecified atom stereocenters. The highest BCUT2D eigenvalue weighted by Gasteiger charge is 2.47. The normalized spacial score (nSPS) is 23.2. The van der Waals surface area contributed by atoms with Crippen LogP contribution in [0.4, 0.5) is 10.1 Å². The Morgan fingerprint density at radius 2 is 1.70 bits per heavy atom. The molecular formula is C30H33FN6O2S. The molecule has 3 fully saturated rings. The summed E-state index contributed by atoms with van der Waals surface area (Å²) in [7, 11) is -2.47. The zero-order chi connectivity index (χ0) is 27.9. The molecule has 1 aliphatic heterocycles. The Morgan fingerprint density at radius 1 is 1.05 bits per heavy atom. The van der Waals surface area contributed by atoms with Crippen molar-refractivity contribution in [2.45, 2.75) is 50.0 Å². The van der Waals surface area contributed by atoms with Crippen molar-refractivity contribution in [1.29, 1.82) is 10.0 Å². The molecule has 1 aromatic heterocycles. The number of hydrogen-bond donors (Lipinski definition) is 2. The predicted molar refractivity (Wildman–Crippen MR) is 152 cm³/mol. The zero-order valence-corrected chi connectivity index (χ0v) is 23.1. The fourth-order valence-corrected chi connectivity index (χ4v) is 7.17. The highest BCUT2D eigenvalue weighted by atomic mass is 32.2. The van der Waals surface area contributed by atoms with Gasteiger partial charge < -0.3 is 10.2 Å². The van der Waals surface area contributed by atoms with Crippen molar-refractivity contribution in [3.63, 3.8) is 0 Å². The van der Waals surface area contributed by atoms with Crippen LogP contribution < -0.4 is 10.2 Å². The van der Waals surface area contributed by atoms with Gasteiger partial charge in [0.05, 0.1) is 17.5 Å². The summed E-state index contributed by atoms with van der Waals surface area (Å²) in [4.78, 5) is 15.6. The first-order chi connectivity index (χ1) is 19.3. The molecule has 2 saturated carbocycles. The van der Waals surface area contributed by atoms with E-state index in [1.54, 1.807) is 16.8 Å². The quantitative estimate of drug-likeness (QED) is 0.441. The third-order valence-corrected chi connectivity index (χ3v) is 10.2. The van der Waals surface area contributed by atoms with Crippen molar-refractivity contribution in [1.82, 2.24) is 15.1 Å². The summed E-state index contributed by atoms with van der Waals surface area (Å²) in [5, 5.41) is 17.6. The molecular weight excluding hydrogens is 527 g/mol. The molecule has 40 heavy (non-hydrogen) atoms. The molecule has 0 bridgehead atoms. The second-order valence-electron chi connectivity index (χ2n) is 11.3. The van der Waals surface area contributed by atoms with Crippen molar-refractivity contribution in [3.05, 3.63) is 66.2 Å². The van der Waals surface area contributed by atoms with E-state index in [4.69, 9.17) is 9.88 Å². The Balaban J connectivity index is 1.35. The summed E-state index contributed by atoms with van der Waals surface area (Å²) in [5.74, 6) is -0.0173. The molecule has 1 amide bonds. The molecule has 2 aromatic carbocycles. The number of nitrogens with zero attached hydrogens (tertiary/aromatic N) is 4. The van der Waals surface area contributed by atoms with E-state index >= 15 is 0 Å². The zero-order valence-electron chi connectivity index (χ0n) is 22.3. The smallest absolute Gasteiger partial charge is 0.225 e. The molecule has 0 radical (unpaired) electrons. The lowest BCUT2D eigenvalue weighted by Crippen LogP contribution is -2.42. The lowest BCUT2D eigenvalue weighted by molar-refractivity contribution is -0.127. The van der Waals surface area contributed by atoms with Gasteiger partial charge in [-0.05, 0) is 67.6 Å². The first-order valence-electron chi connectivity index (χ1n) is 13.9. The van der Waals surface area contributed by atoms with Gasteiger partial charge in [-0.2, -0.15) is 10.4 Å². The molecule has 10 heteroatoms. The van der Waals surface area contributed by atoms with E-state index in [1.165, 1.54) is 12.1 Å². The number of halogens is 1. The summed E-state index contributed by atoms with van der Waals surface area (Å²) in [6.07, 6.45) is 6.86. The minimum Gasteiger partial charge on any atom is -0.370 e. The molecule has 208 valence electrons. The number of carbonyl (C=O) groups excluding carboxylic acids is 1. The Labute approximate surface area is 234 Å². The monoisotopic (exact) mass is 560 g/mol. The largest absolute Gasteiger partial charge is 0.370 e. The average molecular weight is 561 g/mol. The third kappa shape index (κ3) is 5.35. The summed E-state index contributed by atoms with van der Waals surface area (Å²) in [5.41, 5.74) is 3.77. The van der Waals surface area contributed by atoms with Crippen molar-refractivity contribution in [2.75, 3.05) is 29.5 Å². The number of rotatable bonds is 6. The maximum atomic E-state index is 13.7. The number of nitriles is 1. The number of amides is 1. The van der Waals surface area contributed by atoms with Crippen LogP contribution >= 0.6 is 0 Å². The van der Waals surface area contributed by atoms with Crippen LogP contribution in [0.25, 0.3) is 16.8 Å². The van der Waals surface area contributed by atoms with Crippen molar-refractivity contribution in [3.8, 4) is 22.9 Å². The van der Waals surface area contributed by atoms with E-state index in [0.717, 1.165) is 53.9 Å². The van der Waals surface area contributed by atoms with E-state index < -0.39 is 15.3 Å². The van der Waals surface area contributed by atoms with Crippen LogP contribution in [0, 0.1) is 27.8 Å². The predicted octanol–water partition coefficient (Wildman–Crippen LogP) is 4.99. The van der Waals surface area contributed by atoms with Gasteiger partial charge in [-0.3, -0.25) is 9.57 Å². The van der Waals surface area contributed by atoms with Crippen LogP contribution in [0.1, 0.15) is 50.1 Å².